The predicted molar refractivity (Wildman–Crippen MR) is 79.4 cm³/mol. The third-order valence-corrected chi connectivity index (χ3v) is 5.88. The first-order valence-electron chi connectivity index (χ1n) is 6.93. The smallest absolute Gasteiger partial charge is 0.267 e. The summed E-state index contributed by atoms with van der Waals surface area (Å²) in [6.45, 7) is 2.27. The van der Waals surface area contributed by atoms with Gasteiger partial charge in [0.2, 0.25) is 10.0 Å². The second-order valence-electron chi connectivity index (χ2n) is 5.50. The zero-order chi connectivity index (χ0) is 15.8. The molecule has 0 bridgehead atoms. The lowest BCUT2D eigenvalue weighted by molar-refractivity contribution is 0.0955. The molecule has 1 aromatic rings. The van der Waals surface area contributed by atoms with Crippen LogP contribution in [0, 0.1) is 0 Å². The number of nitrogens with one attached hydrogen (secondary N) is 1. The molecule has 1 aliphatic heterocycles. The quantitative estimate of drug-likeness (QED) is 0.813. The largest absolute Gasteiger partial charge is 0.354 e. The van der Waals surface area contributed by atoms with Crippen LogP contribution in [0.25, 0.3) is 0 Å². The van der Waals surface area contributed by atoms with Crippen molar-refractivity contribution in [2.75, 3.05) is 13.6 Å². The van der Waals surface area contributed by atoms with E-state index in [2.05, 4.69) is 5.32 Å². The van der Waals surface area contributed by atoms with Crippen LogP contribution in [0.15, 0.2) is 17.2 Å². The van der Waals surface area contributed by atoms with E-state index >= 15 is 0 Å². The molecular weight excluding hydrogens is 292 g/mol. The summed E-state index contributed by atoms with van der Waals surface area (Å²) in [4.78, 5) is 11.8. The minimum absolute atomic E-state index is 0.0450. The zero-order valence-corrected chi connectivity index (χ0v) is 13.4. The van der Waals surface area contributed by atoms with Crippen LogP contribution >= 0.6 is 0 Å². The van der Waals surface area contributed by atoms with E-state index in [4.69, 9.17) is 5.73 Å². The average molecular weight is 314 g/mol. The Hall–Kier alpha value is -1.38. The fraction of sp³-hybridized carbons (Fsp3) is 0.615. The number of nitrogens with zero attached hydrogens (tertiary/aromatic N) is 2. The van der Waals surface area contributed by atoms with Crippen LogP contribution in [-0.2, 0) is 17.1 Å². The summed E-state index contributed by atoms with van der Waals surface area (Å²) in [6, 6.07) is 1.32. The molecule has 0 aromatic carbocycles. The highest BCUT2D eigenvalue weighted by molar-refractivity contribution is 7.89. The second-order valence-corrected chi connectivity index (χ2v) is 7.39. The molecule has 7 nitrogen and oxygen atoms in total. The van der Waals surface area contributed by atoms with Crippen molar-refractivity contribution in [3.05, 3.63) is 18.0 Å². The van der Waals surface area contributed by atoms with Gasteiger partial charge < -0.3 is 15.6 Å². The first-order chi connectivity index (χ1) is 9.77. The van der Waals surface area contributed by atoms with E-state index in [1.807, 2.05) is 6.92 Å². The van der Waals surface area contributed by atoms with Crippen LogP contribution < -0.4 is 11.1 Å². The van der Waals surface area contributed by atoms with Crippen molar-refractivity contribution in [1.82, 2.24) is 14.2 Å². The van der Waals surface area contributed by atoms with Crippen molar-refractivity contribution in [2.45, 2.75) is 36.7 Å². The summed E-state index contributed by atoms with van der Waals surface area (Å²) < 4.78 is 28.4. The number of hydrogen-bond donors (Lipinski definition) is 2. The molecule has 1 aliphatic rings. The molecule has 0 saturated carbocycles. The van der Waals surface area contributed by atoms with Crippen LogP contribution in [-0.4, -0.2) is 48.9 Å². The third kappa shape index (κ3) is 2.97. The number of rotatable bonds is 3. The highest BCUT2D eigenvalue weighted by atomic mass is 32.2. The fourth-order valence-corrected chi connectivity index (χ4v) is 4.44. The van der Waals surface area contributed by atoms with Crippen LogP contribution in [0.2, 0.25) is 0 Å². The van der Waals surface area contributed by atoms with Gasteiger partial charge in [-0.15, -0.1) is 0 Å². The Morgan fingerprint density at radius 3 is 2.71 bits per heavy atom. The summed E-state index contributed by atoms with van der Waals surface area (Å²) in [7, 11) is -0.438. The Kier molecular flexibility index (Phi) is 4.40. The van der Waals surface area contributed by atoms with E-state index < -0.39 is 10.0 Å². The molecule has 2 rings (SSSR count). The average Bonchev–Trinajstić information content (AvgIpc) is 2.80. The van der Waals surface area contributed by atoms with Gasteiger partial charge in [-0.3, -0.25) is 4.79 Å². The van der Waals surface area contributed by atoms with E-state index in [1.54, 1.807) is 7.05 Å². The molecule has 0 radical (unpaired) electrons. The molecule has 1 amide bonds. The van der Waals surface area contributed by atoms with Gasteiger partial charge in [0, 0.05) is 38.9 Å². The third-order valence-electron chi connectivity index (χ3n) is 3.90. The summed E-state index contributed by atoms with van der Waals surface area (Å²) in [5.41, 5.74) is 6.19. The van der Waals surface area contributed by atoms with Gasteiger partial charge in [0.1, 0.15) is 10.6 Å². The van der Waals surface area contributed by atoms with Crippen LogP contribution in [0.3, 0.4) is 0 Å². The van der Waals surface area contributed by atoms with E-state index in [-0.39, 0.29) is 22.9 Å². The predicted octanol–water partition coefficient (Wildman–Crippen LogP) is -0.115. The van der Waals surface area contributed by atoms with Gasteiger partial charge in [-0.25, -0.2) is 8.42 Å². The van der Waals surface area contributed by atoms with Crippen molar-refractivity contribution in [3.8, 4) is 0 Å². The molecule has 2 atom stereocenters. The SMILES string of the molecule is CNC(=O)c1cc(S(=O)(=O)N2CCC(N)CC2C)cn1C. The number of sulfonamides is 1. The Morgan fingerprint density at radius 1 is 1.48 bits per heavy atom. The van der Waals surface area contributed by atoms with Gasteiger partial charge >= 0.3 is 0 Å². The molecule has 1 fully saturated rings. The fourth-order valence-electron chi connectivity index (χ4n) is 2.71. The van der Waals surface area contributed by atoms with E-state index in [9.17, 15) is 13.2 Å². The molecule has 0 aliphatic carbocycles. The number of amides is 1. The summed E-state index contributed by atoms with van der Waals surface area (Å²) in [6.07, 6.45) is 2.77. The maximum absolute atomic E-state index is 12.7. The van der Waals surface area contributed by atoms with Crippen LogP contribution in [0.1, 0.15) is 30.3 Å². The molecular formula is C13H22N4O3S. The zero-order valence-electron chi connectivity index (χ0n) is 12.5. The number of carbonyl (C=O) groups is 1. The number of hydrogen-bond acceptors (Lipinski definition) is 4. The maximum atomic E-state index is 12.7. The maximum Gasteiger partial charge on any atom is 0.267 e. The minimum Gasteiger partial charge on any atom is -0.354 e. The van der Waals surface area contributed by atoms with Gasteiger partial charge in [-0.05, 0) is 25.8 Å². The number of carbonyl (C=O) groups excluding carboxylic acids is 1. The molecule has 1 saturated heterocycles. The molecule has 118 valence electrons. The molecule has 2 unspecified atom stereocenters. The highest BCUT2D eigenvalue weighted by Crippen LogP contribution is 2.25. The molecule has 0 spiro atoms. The van der Waals surface area contributed by atoms with Crippen LogP contribution in [0.4, 0.5) is 0 Å². The van der Waals surface area contributed by atoms with Gasteiger partial charge in [-0.1, -0.05) is 0 Å². The summed E-state index contributed by atoms with van der Waals surface area (Å²) >= 11 is 0. The summed E-state index contributed by atoms with van der Waals surface area (Å²) in [5, 5.41) is 2.50. The van der Waals surface area contributed by atoms with Gasteiger partial charge in [0.25, 0.3) is 5.91 Å². The molecule has 3 N–H and O–H groups in total. The highest BCUT2D eigenvalue weighted by Gasteiger charge is 2.34. The van der Waals surface area contributed by atoms with E-state index in [0.717, 1.165) is 0 Å². The van der Waals surface area contributed by atoms with Gasteiger partial charge in [0.15, 0.2) is 0 Å². The molecule has 8 heteroatoms. The van der Waals surface area contributed by atoms with Gasteiger partial charge in [0.05, 0.1) is 0 Å². The monoisotopic (exact) mass is 314 g/mol. The lowest BCUT2D eigenvalue weighted by atomic mass is 10.0. The van der Waals surface area contributed by atoms with Crippen molar-refractivity contribution in [3.63, 3.8) is 0 Å². The van der Waals surface area contributed by atoms with Crippen LogP contribution in [0.5, 0.6) is 0 Å². The standard InChI is InChI=1S/C13H22N4O3S/c1-9-6-10(14)4-5-17(9)21(19,20)11-7-12(13(18)15-2)16(3)8-11/h7-10H,4-6,14H2,1-3H3,(H,15,18). The Morgan fingerprint density at radius 2 is 2.14 bits per heavy atom. The molecule has 21 heavy (non-hydrogen) atoms. The minimum atomic E-state index is -3.60. The molecule has 2 heterocycles. The normalized spacial score (nSPS) is 24.0. The number of piperidine rings is 1. The first-order valence-corrected chi connectivity index (χ1v) is 8.37. The van der Waals surface area contributed by atoms with Crippen molar-refractivity contribution >= 4 is 15.9 Å². The molecule has 1 aromatic heterocycles. The number of aryl methyl sites for hydroxylation is 1. The van der Waals surface area contributed by atoms with Crippen molar-refractivity contribution in [2.24, 2.45) is 12.8 Å². The second kappa shape index (κ2) is 5.78. The van der Waals surface area contributed by atoms with Crippen molar-refractivity contribution in [1.29, 1.82) is 0 Å². The van der Waals surface area contributed by atoms with E-state index in [1.165, 1.54) is 28.2 Å². The Bertz CT molecular complexity index is 638. The Labute approximate surface area is 125 Å². The van der Waals surface area contributed by atoms with E-state index in [0.29, 0.717) is 25.1 Å². The lowest BCUT2D eigenvalue weighted by Crippen LogP contribution is -2.48. The van der Waals surface area contributed by atoms with Crippen molar-refractivity contribution < 1.29 is 13.2 Å². The first kappa shape index (κ1) is 16.0. The number of aromatic nitrogens is 1. The van der Waals surface area contributed by atoms with Gasteiger partial charge in [-0.2, -0.15) is 4.31 Å². The lowest BCUT2D eigenvalue weighted by Gasteiger charge is -2.34. The topological polar surface area (TPSA) is 97.4 Å². The number of nitrogens with two attached hydrogens (primary N) is 1. The summed E-state index contributed by atoms with van der Waals surface area (Å²) in [5.74, 6) is -0.312. The Balaban J connectivity index is 2.34.